The summed E-state index contributed by atoms with van der Waals surface area (Å²) in [5, 5.41) is 13.4. The third-order valence-electron chi connectivity index (χ3n) is 4.32. The molecule has 26 heavy (non-hydrogen) atoms. The number of pyridine rings is 1. The summed E-state index contributed by atoms with van der Waals surface area (Å²) in [6.07, 6.45) is 3.90. The number of furan rings is 1. The van der Waals surface area contributed by atoms with Crippen LogP contribution in [-0.4, -0.2) is 21.1 Å². The first-order valence-electron chi connectivity index (χ1n) is 8.36. The third-order valence-corrected chi connectivity index (χ3v) is 5.32. The molecule has 0 unspecified atom stereocenters. The van der Waals surface area contributed by atoms with Crippen LogP contribution in [0.25, 0.3) is 22.4 Å². The van der Waals surface area contributed by atoms with Gasteiger partial charge in [0.1, 0.15) is 10.7 Å². The lowest BCUT2D eigenvalue weighted by molar-refractivity contribution is 0.102. The Balaban J connectivity index is 1.54. The first kappa shape index (κ1) is 15.2. The molecule has 4 aromatic rings. The quantitative estimate of drug-likeness (QED) is 0.579. The van der Waals surface area contributed by atoms with Crippen molar-refractivity contribution in [3.8, 4) is 11.5 Å². The number of amides is 1. The highest BCUT2D eigenvalue weighted by atomic mass is 32.1. The van der Waals surface area contributed by atoms with Gasteiger partial charge in [0.15, 0.2) is 5.76 Å². The highest BCUT2D eigenvalue weighted by Crippen LogP contribution is 2.42. The average molecular weight is 362 g/mol. The van der Waals surface area contributed by atoms with Gasteiger partial charge in [-0.2, -0.15) is 0 Å². The lowest BCUT2D eigenvalue weighted by atomic mass is 10.1. The minimum Gasteiger partial charge on any atom is -0.463 e. The molecule has 3 heterocycles. The first-order chi connectivity index (χ1) is 12.8. The van der Waals surface area contributed by atoms with Gasteiger partial charge in [-0.25, -0.2) is 4.98 Å². The number of fused-ring (bicyclic) bond motifs is 1. The summed E-state index contributed by atoms with van der Waals surface area (Å²) >= 11 is 1.45. The monoisotopic (exact) mass is 362 g/mol. The zero-order valence-electron chi connectivity index (χ0n) is 13.7. The fraction of sp³-hybridized carbons (Fsp3) is 0.158. The molecule has 5 rings (SSSR count). The molecule has 1 N–H and O–H groups in total. The molecule has 6 nitrogen and oxygen atoms in total. The van der Waals surface area contributed by atoms with E-state index >= 15 is 0 Å². The topological polar surface area (TPSA) is 80.9 Å². The van der Waals surface area contributed by atoms with Crippen LogP contribution in [0.4, 0.5) is 5.13 Å². The van der Waals surface area contributed by atoms with Crippen LogP contribution in [0.15, 0.2) is 53.1 Å². The van der Waals surface area contributed by atoms with Crippen molar-refractivity contribution in [2.75, 3.05) is 5.32 Å². The molecule has 1 fully saturated rings. The number of para-hydroxylation sites is 1. The van der Waals surface area contributed by atoms with Gasteiger partial charge in [0, 0.05) is 11.3 Å². The molecule has 0 atom stereocenters. The van der Waals surface area contributed by atoms with Crippen molar-refractivity contribution in [1.29, 1.82) is 0 Å². The van der Waals surface area contributed by atoms with Crippen LogP contribution in [0.1, 0.15) is 34.1 Å². The standard InChI is InChI=1S/C19H14N4O2S/c24-17(21-19-23-22-18(26-19)11-7-8-11)13-10-15(16-6-3-9-25-16)20-14-5-2-1-4-12(13)14/h1-6,9-11H,7-8H2,(H,21,23,24). The van der Waals surface area contributed by atoms with Crippen molar-refractivity contribution in [3.05, 3.63) is 59.3 Å². The normalized spacial score (nSPS) is 13.8. The number of aromatic nitrogens is 3. The highest BCUT2D eigenvalue weighted by Gasteiger charge is 2.28. The van der Waals surface area contributed by atoms with E-state index < -0.39 is 0 Å². The molecule has 1 aliphatic rings. The van der Waals surface area contributed by atoms with Crippen LogP contribution in [-0.2, 0) is 0 Å². The fourth-order valence-corrected chi connectivity index (χ4v) is 3.77. The van der Waals surface area contributed by atoms with Crippen molar-refractivity contribution < 1.29 is 9.21 Å². The van der Waals surface area contributed by atoms with Gasteiger partial charge in [-0.3, -0.25) is 10.1 Å². The van der Waals surface area contributed by atoms with Crippen molar-refractivity contribution in [2.45, 2.75) is 18.8 Å². The Morgan fingerprint density at radius 2 is 2.04 bits per heavy atom. The van der Waals surface area contributed by atoms with Gasteiger partial charge >= 0.3 is 0 Å². The molecule has 1 aromatic carbocycles. The lowest BCUT2D eigenvalue weighted by Crippen LogP contribution is -2.13. The van der Waals surface area contributed by atoms with E-state index in [0.29, 0.717) is 28.1 Å². The second kappa shape index (κ2) is 6.03. The summed E-state index contributed by atoms with van der Waals surface area (Å²) in [5.41, 5.74) is 1.89. The Hall–Kier alpha value is -3.06. The summed E-state index contributed by atoms with van der Waals surface area (Å²) in [5.74, 6) is 0.914. The number of carbonyl (C=O) groups is 1. The smallest absolute Gasteiger partial charge is 0.258 e. The number of carbonyl (C=O) groups excluding carboxylic acids is 1. The number of hydrogen-bond donors (Lipinski definition) is 1. The van der Waals surface area contributed by atoms with Crippen molar-refractivity contribution in [3.63, 3.8) is 0 Å². The van der Waals surface area contributed by atoms with Crippen LogP contribution >= 0.6 is 11.3 Å². The number of benzene rings is 1. The minimum atomic E-state index is -0.227. The van der Waals surface area contributed by atoms with E-state index in [1.54, 1.807) is 18.4 Å². The number of rotatable bonds is 4. The van der Waals surface area contributed by atoms with E-state index in [9.17, 15) is 4.79 Å². The second-order valence-electron chi connectivity index (χ2n) is 6.22. The molecule has 0 spiro atoms. The Morgan fingerprint density at radius 3 is 2.85 bits per heavy atom. The zero-order chi connectivity index (χ0) is 17.5. The molecular weight excluding hydrogens is 348 g/mol. The Labute approximate surface area is 152 Å². The highest BCUT2D eigenvalue weighted by molar-refractivity contribution is 7.15. The summed E-state index contributed by atoms with van der Waals surface area (Å²) < 4.78 is 5.44. The predicted molar refractivity (Wildman–Crippen MR) is 99.3 cm³/mol. The molecule has 0 radical (unpaired) electrons. The van der Waals surface area contributed by atoms with Gasteiger partial charge in [0.25, 0.3) is 5.91 Å². The van der Waals surface area contributed by atoms with Gasteiger partial charge in [-0.1, -0.05) is 29.5 Å². The first-order valence-corrected chi connectivity index (χ1v) is 9.18. The molecule has 1 saturated carbocycles. The van der Waals surface area contributed by atoms with Crippen molar-refractivity contribution in [1.82, 2.24) is 15.2 Å². The van der Waals surface area contributed by atoms with Gasteiger partial charge in [-0.15, -0.1) is 10.2 Å². The summed E-state index contributed by atoms with van der Waals surface area (Å²) in [4.78, 5) is 17.5. The second-order valence-corrected chi connectivity index (χ2v) is 7.23. The zero-order valence-corrected chi connectivity index (χ0v) is 14.5. The minimum absolute atomic E-state index is 0.227. The van der Waals surface area contributed by atoms with E-state index in [1.165, 1.54) is 11.3 Å². The molecule has 7 heteroatoms. The summed E-state index contributed by atoms with van der Waals surface area (Å²) in [6.45, 7) is 0. The van der Waals surface area contributed by atoms with Crippen molar-refractivity contribution in [2.24, 2.45) is 0 Å². The maximum Gasteiger partial charge on any atom is 0.258 e. The fourth-order valence-electron chi connectivity index (χ4n) is 2.86. The van der Waals surface area contributed by atoms with Crippen molar-refractivity contribution >= 4 is 33.3 Å². The Morgan fingerprint density at radius 1 is 1.15 bits per heavy atom. The largest absolute Gasteiger partial charge is 0.463 e. The number of anilines is 1. The Kier molecular flexibility index (Phi) is 3.53. The van der Waals surface area contributed by atoms with E-state index in [0.717, 1.165) is 28.8 Å². The van der Waals surface area contributed by atoms with Crippen LogP contribution in [0.3, 0.4) is 0 Å². The molecule has 0 bridgehead atoms. The molecule has 128 valence electrons. The van der Waals surface area contributed by atoms with Crippen LogP contribution in [0.5, 0.6) is 0 Å². The number of nitrogens with one attached hydrogen (secondary N) is 1. The van der Waals surface area contributed by atoms with E-state index in [1.807, 2.05) is 30.3 Å². The lowest BCUT2D eigenvalue weighted by Gasteiger charge is -2.08. The number of nitrogens with zero attached hydrogens (tertiary/aromatic N) is 3. The molecule has 0 aliphatic heterocycles. The average Bonchev–Trinajstić information content (AvgIpc) is 3.17. The van der Waals surface area contributed by atoms with Gasteiger partial charge in [0.2, 0.25) is 5.13 Å². The molecule has 3 aromatic heterocycles. The van der Waals surface area contributed by atoms with Gasteiger partial charge < -0.3 is 4.42 Å². The van der Waals surface area contributed by atoms with E-state index in [4.69, 9.17) is 4.42 Å². The molecular formula is C19H14N4O2S. The Bertz CT molecular complexity index is 1100. The van der Waals surface area contributed by atoms with Crippen LogP contribution < -0.4 is 5.32 Å². The summed E-state index contributed by atoms with van der Waals surface area (Å²) in [7, 11) is 0. The van der Waals surface area contributed by atoms with Crippen LogP contribution in [0.2, 0.25) is 0 Å². The van der Waals surface area contributed by atoms with Crippen LogP contribution in [0, 0.1) is 0 Å². The maximum atomic E-state index is 12.9. The maximum absolute atomic E-state index is 12.9. The van der Waals surface area contributed by atoms with E-state index in [2.05, 4.69) is 20.5 Å². The number of hydrogen-bond acceptors (Lipinski definition) is 6. The molecule has 1 amide bonds. The molecule has 0 saturated heterocycles. The third kappa shape index (κ3) is 2.76. The van der Waals surface area contributed by atoms with Gasteiger partial charge in [0.05, 0.1) is 17.3 Å². The summed E-state index contributed by atoms with van der Waals surface area (Å²) in [6, 6.07) is 12.9. The molecule has 1 aliphatic carbocycles. The predicted octanol–water partition coefficient (Wildman–Crippen LogP) is 4.48. The van der Waals surface area contributed by atoms with E-state index in [-0.39, 0.29) is 5.91 Å². The SMILES string of the molecule is O=C(Nc1nnc(C2CC2)s1)c1cc(-c2ccco2)nc2ccccc12. The van der Waals surface area contributed by atoms with Gasteiger partial charge in [-0.05, 0) is 37.1 Å².